The average Bonchev–Trinajstić information content (AvgIpc) is 3.02. The van der Waals surface area contributed by atoms with E-state index in [0.29, 0.717) is 0 Å². The van der Waals surface area contributed by atoms with Gasteiger partial charge < -0.3 is 19.5 Å². The van der Waals surface area contributed by atoms with Crippen LogP contribution in [-0.2, 0) is 12.8 Å². The van der Waals surface area contributed by atoms with Gasteiger partial charge in [0.15, 0.2) is 0 Å². The molecule has 6 nitrogen and oxygen atoms in total. The Morgan fingerprint density at radius 2 is 1.76 bits per heavy atom. The topological polar surface area (TPSA) is 78.2 Å². The number of nitrogens with zero attached hydrogens (tertiary/aromatic N) is 3. The molecule has 1 heterocycles. The summed E-state index contributed by atoms with van der Waals surface area (Å²) in [6.07, 6.45) is 4.53. The molecule has 0 saturated heterocycles. The van der Waals surface area contributed by atoms with Crippen LogP contribution >= 0.6 is 0 Å². The second-order valence-electron chi connectivity index (χ2n) is 6.81. The van der Waals surface area contributed by atoms with Crippen LogP contribution in [0.1, 0.15) is 35.5 Å². The maximum Gasteiger partial charge on any atom is 0.101 e. The second-order valence-corrected chi connectivity index (χ2v) is 6.81. The normalized spacial score (nSPS) is 11.0. The molecule has 1 N–H and O–H groups in total. The van der Waals surface area contributed by atoms with E-state index in [1.54, 1.807) is 4.57 Å². The SMILES string of the molecule is CCc1cccc(CC)c1-n1cncc1C(=O)[O-].C[N+](C)(C)CCO. The lowest BCUT2D eigenvalue weighted by Gasteiger charge is -2.21. The number of aromatic nitrogens is 2. The highest BCUT2D eigenvalue weighted by atomic mass is 16.4. The zero-order valence-corrected chi connectivity index (χ0v) is 15.8. The lowest BCUT2D eigenvalue weighted by atomic mass is 10.0. The highest BCUT2D eigenvalue weighted by molar-refractivity contribution is 5.84. The first kappa shape index (κ1) is 20.9. The van der Waals surface area contributed by atoms with Gasteiger partial charge in [-0.25, -0.2) is 4.98 Å². The highest BCUT2D eigenvalue weighted by Gasteiger charge is 2.12. The van der Waals surface area contributed by atoms with Crippen molar-refractivity contribution in [2.24, 2.45) is 0 Å². The lowest BCUT2D eigenvalue weighted by molar-refractivity contribution is -0.870. The van der Waals surface area contributed by atoms with Gasteiger partial charge in [0.05, 0.1) is 57.6 Å². The van der Waals surface area contributed by atoms with E-state index in [2.05, 4.69) is 26.1 Å². The third-order valence-corrected chi connectivity index (χ3v) is 3.82. The van der Waals surface area contributed by atoms with Gasteiger partial charge in [-0.2, -0.15) is 0 Å². The summed E-state index contributed by atoms with van der Waals surface area (Å²) in [7, 11) is 6.16. The number of carboxylic acids is 1. The number of likely N-dealkylation sites (N-methyl/N-ethyl adjacent to an activating group) is 1. The molecule has 0 fully saturated rings. The number of hydrogen-bond donors (Lipinski definition) is 1. The largest absolute Gasteiger partial charge is 0.543 e. The summed E-state index contributed by atoms with van der Waals surface area (Å²) < 4.78 is 2.45. The fourth-order valence-corrected chi connectivity index (χ4v) is 2.45. The number of hydrogen-bond acceptors (Lipinski definition) is 4. The monoisotopic (exact) mass is 347 g/mol. The van der Waals surface area contributed by atoms with E-state index in [1.165, 1.54) is 12.5 Å². The summed E-state index contributed by atoms with van der Waals surface area (Å²) in [6, 6.07) is 6.01. The molecule has 0 saturated carbocycles. The Hall–Kier alpha value is -2.18. The molecule has 0 bridgehead atoms. The van der Waals surface area contributed by atoms with Crippen LogP contribution in [0.15, 0.2) is 30.7 Å². The number of carboxylic acid groups (broad SMARTS) is 1. The first-order chi connectivity index (χ1) is 11.7. The number of aliphatic hydroxyl groups is 1. The van der Waals surface area contributed by atoms with E-state index in [-0.39, 0.29) is 12.3 Å². The van der Waals surface area contributed by atoms with Crippen LogP contribution in [0, 0.1) is 0 Å². The van der Waals surface area contributed by atoms with Crippen LogP contribution in [0.5, 0.6) is 0 Å². The number of quaternary nitrogens is 1. The van der Waals surface area contributed by atoms with Gasteiger partial charge in [-0.3, -0.25) is 4.57 Å². The molecule has 0 aliphatic heterocycles. The number of carbonyl (C=O) groups excluding carboxylic acids is 1. The number of aromatic carboxylic acids is 1. The molecule has 2 rings (SSSR count). The van der Waals surface area contributed by atoms with Crippen LogP contribution < -0.4 is 5.11 Å². The van der Waals surface area contributed by atoms with E-state index < -0.39 is 5.97 Å². The van der Waals surface area contributed by atoms with Crippen molar-refractivity contribution in [2.45, 2.75) is 26.7 Å². The van der Waals surface area contributed by atoms with Crippen molar-refractivity contribution in [1.82, 2.24) is 9.55 Å². The number of benzene rings is 1. The number of aryl methyl sites for hydroxylation is 2. The number of aliphatic hydroxyl groups excluding tert-OH is 1. The minimum absolute atomic E-state index is 0.0885. The fourth-order valence-electron chi connectivity index (χ4n) is 2.45. The van der Waals surface area contributed by atoms with E-state index in [9.17, 15) is 9.90 Å². The molecular formula is C19H29N3O3. The van der Waals surface area contributed by atoms with E-state index >= 15 is 0 Å². The van der Waals surface area contributed by atoms with Crippen LogP contribution in [-0.4, -0.2) is 59.4 Å². The van der Waals surface area contributed by atoms with Gasteiger partial charge in [0.25, 0.3) is 0 Å². The smallest absolute Gasteiger partial charge is 0.101 e. The minimum Gasteiger partial charge on any atom is -0.543 e. The molecule has 138 valence electrons. The number of rotatable bonds is 6. The zero-order valence-electron chi connectivity index (χ0n) is 15.8. The summed E-state index contributed by atoms with van der Waals surface area (Å²) >= 11 is 0. The summed E-state index contributed by atoms with van der Waals surface area (Å²) in [5.41, 5.74) is 3.22. The molecule has 1 aromatic heterocycles. The van der Waals surface area contributed by atoms with Crippen molar-refractivity contribution in [3.63, 3.8) is 0 Å². The van der Waals surface area contributed by atoms with Crippen molar-refractivity contribution in [2.75, 3.05) is 34.3 Å². The average molecular weight is 347 g/mol. The molecule has 0 radical (unpaired) electrons. The highest BCUT2D eigenvalue weighted by Crippen LogP contribution is 2.22. The van der Waals surface area contributed by atoms with E-state index in [1.807, 2.05) is 32.0 Å². The van der Waals surface area contributed by atoms with Crippen LogP contribution in [0.25, 0.3) is 5.69 Å². The predicted molar refractivity (Wildman–Crippen MR) is 96.6 cm³/mol. The minimum atomic E-state index is -1.21. The standard InChI is InChI=1S/C14H16N2O2.C5H14NO/c1-3-10-6-5-7-11(4-2)13(10)16-9-15-8-12(16)14(17)18;1-6(2,3)4-5-7/h5-9H,3-4H2,1-2H3,(H,17,18);7H,4-5H2,1-3H3/q;+1/p-1. The molecule has 0 amide bonds. The van der Waals surface area contributed by atoms with Gasteiger partial charge in [0, 0.05) is 0 Å². The Balaban J connectivity index is 0.000000381. The summed E-state index contributed by atoms with van der Waals surface area (Å²) in [6.45, 7) is 5.21. The van der Waals surface area contributed by atoms with Crippen molar-refractivity contribution in [3.8, 4) is 5.69 Å². The molecule has 1 aromatic carbocycles. The van der Waals surface area contributed by atoms with Gasteiger partial charge in [-0.15, -0.1) is 0 Å². The van der Waals surface area contributed by atoms with Crippen LogP contribution in [0.4, 0.5) is 0 Å². The van der Waals surface area contributed by atoms with Gasteiger partial charge in [0.2, 0.25) is 0 Å². The summed E-state index contributed by atoms with van der Waals surface area (Å²) in [5.74, 6) is -1.21. The van der Waals surface area contributed by atoms with Crippen molar-refractivity contribution < 1.29 is 19.5 Å². The van der Waals surface area contributed by atoms with Crippen LogP contribution in [0.2, 0.25) is 0 Å². The van der Waals surface area contributed by atoms with Gasteiger partial charge in [0.1, 0.15) is 6.54 Å². The molecule has 0 unspecified atom stereocenters. The van der Waals surface area contributed by atoms with Gasteiger partial charge in [-0.05, 0) is 24.0 Å². The van der Waals surface area contributed by atoms with Gasteiger partial charge in [-0.1, -0.05) is 32.0 Å². The Morgan fingerprint density at radius 1 is 1.20 bits per heavy atom. The van der Waals surface area contributed by atoms with Crippen molar-refractivity contribution in [3.05, 3.63) is 47.5 Å². The fraction of sp³-hybridized carbons (Fsp3) is 0.474. The number of para-hydroxylation sites is 1. The third kappa shape index (κ3) is 5.99. The Kier molecular flexibility index (Phi) is 7.80. The van der Waals surface area contributed by atoms with E-state index in [0.717, 1.165) is 40.7 Å². The Morgan fingerprint density at radius 3 is 2.12 bits per heavy atom. The molecule has 0 spiro atoms. The first-order valence-corrected chi connectivity index (χ1v) is 8.51. The zero-order chi connectivity index (χ0) is 19.0. The number of imidazole rings is 1. The molecular weight excluding hydrogens is 318 g/mol. The molecule has 0 aliphatic carbocycles. The Bertz CT molecular complexity index is 665. The molecule has 0 aliphatic rings. The van der Waals surface area contributed by atoms with Gasteiger partial charge >= 0.3 is 0 Å². The summed E-state index contributed by atoms with van der Waals surface area (Å²) in [5, 5.41) is 19.5. The van der Waals surface area contributed by atoms with Crippen LogP contribution in [0.3, 0.4) is 0 Å². The second kappa shape index (κ2) is 9.34. The van der Waals surface area contributed by atoms with E-state index in [4.69, 9.17) is 5.11 Å². The lowest BCUT2D eigenvalue weighted by Crippen LogP contribution is -2.36. The van der Waals surface area contributed by atoms with Crippen molar-refractivity contribution >= 4 is 5.97 Å². The predicted octanol–water partition coefficient (Wildman–Crippen LogP) is 1.05. The third-order valence-electron chi connectivity index (χ3n) is 3.82. The molecule has 25 heavy (non-hydrogen) atoms. The molecule has 6 heteroatoms. The molecule has 0 atom stereocenters. The molecule has 2 aromatic rings. The number of carbonyl (C=O) groups is 1. The van der Waals surface area contributed by atoms with Crippen molar-refractivity contribution in [1.29, 1.82) is 0 Å². The summed E-state index contributed by atoms with van der Waals surface area (Å²) in [4.78, 5) is 15.0. The quantitative estimate of drug-likeness (QED) is 0.792. The Labute approximate surface area is 150 Å². The first-order valence-electron chi connectivity index (χ1n) is 8.51. The maximum atomic E-state index is 11.1. The maximum absolute atomic E-state index is 11.1.